The van der Waals surface area contributed by atoms with Crippen molar-refractivity contribution in [1.82, 2.24) is 30.2 Å². The highest BCUT2D eigenvalue weighted by Gasteiger charge is 2.48. The largest absolute Gasteiger partial charge is 0.351 e. The Bertz CT molecular complexity index is 843. The predicted molar refractivity (Wildman–Crippen MR) is 127 cm³/mol. The summed E-state index contributed by atoms with van der Waals surface area (Å²) in [5.74, 6) is -0.673. The minimum absolute atomic E-state index is 0.134. The summed E-state index contributed by atoms with van der Waals surface area (Å²) in [5.41, 5.74) is -0.454. The molecular weight excluding hydrogens is 420 g/mol. The number of fused-ring (bicyclic) bond motifs is 1. The van der Waals surface area contributed by atoms with Crippen LogP contribution in [-0.4, -0.2) is 81.6 Å². The Labute approximate surface area is 197 Å². The van der Waals surface area contributed by atoms with Crippen LogP contribution in [0.2, 0.25) is 0 Å². The van der Waals surface area contributed by atoms with Crippen LogP contribution in [0.25, 0.3) is 0 Å². The van der Waals surface area contributed by atoms with E-state index in [0.717, 1.165) is 58.2 Å². The van der Waals surface area contributed by atoms with Crippen molar-refractivity contribution in [1.29, 1.82) is 0 Å². The zero-order valence-electron chi connectivity index (χ0n) is 20.7. The van der Waals surface area contributed by atoms with Crippen LogP contribution in [0.15, 0.2) is 6.07 Å². The van der Waals surface area contributed by atoms with E-state index in [2.05, 4.69) is 41.4 Å². The number of carbonyl (C=O) groups excluding carboxylic acids is 3. The van der Waals surface area contributed by atoms with E-state index in [1.807, 2.05) is 6.92 Å². The monoisotopic (exact) mass is 460 g/mol. The van der Waals surface area contributed by atoms with Crippen molar-refractivity contribution in [3.05, 3.63) is 17.5 Å². The molecule has 1 fully saturated rings. The molecule has 2 N–H and O–H groups in total. The maximum Gasteiger partial charge on any atom is 0.273 e. The normalized spacial score (nSPS) is 20.9. The fourth-order valence-electron chi connectivity index (χ4n) is 4.79. The Balaban J connectivity index is 1.77. The minimum atomic E-state index is -1.04. The highest BCUT2D eigenvalue weighted by molar-refractivity contribution is 6.01. The number of nitrogens with one attached hydrogen (secondary N) is 2. The van der Waals surface area contributed by atoms with Crippen molar-refractivity contribution in [3.8, 4) is 0 Å². The number of aromatic nitrogens is 2. The molecule has 0 aromatic carbocycles. The van der Waals surface area contributed by atoms with Crippen molar-refractivity contribution < 1.29 is 14.4 Å². The maximum atomic E-state index is 13.4. The van der Waals surface area contributed by atoms with Crippen molar-refractivity contribution in [3.63, 3.8) is 0 Å². The van der Waals surface area contributed by atoms with Crippen LogP contribution in [0.3, 0.4) is 0 Å². The van der Waals surface area contributed by atoms with Crippen LogP contribution in [0.1, 0.15) is 87.2 Å². The number of likely N-dealkylation sites (N-methyl/N-ethyl adjacent to an activating group) is 1. The number of carbonyl (C=O) groups is 3. The molecule has 2 heterocycles. The molecular formula is C24H40N6O3. The van der Waals surface area contributed by atoms with E-state index in [0.29, 0.717) is 18.8 Å². The zero-order valence-corrected chi connectivity index (χ0v) is 20.7. The maximum absolute atomic E-state index is 13.4. The van der Waals surface area contributed by atoms with Gasteiger partial charge in [0.15, 0.2) is 5.69 Å². The van der Waals surface area contributed by atoms with E-state index < -0.39 is 5.54 Å². The van der Waals surface area contributed by atoms with Crippen LogP contribution in [0.4, 0.5) is 0 Å². The summed E-state index contributed by atoms with van der Waals surface area (Å²) in [6.45, 7) is 11.9. The van der Waals surface area contributed by atoms with Crippen molar-refractivity contribution in [2.75, 3.05) is 32.7 Å². The van der Waals surface area contributed by atoms with Crippen LogP contribution >= 0.6 is 0 Å². The molecule has 2 aliphatic rings. The van der Waals surface area contributed by atoms with E-state index in [4.69, 9.17) is 0 Å². The summed E-state index contributed by atoms with van der Waals surface area (Å²) in [6.07, 6.45) is 5.94. The van der Waals surface area contributed by atoms with E-state index >= 15 is 0 Å². The number of amides is 3. The standard InChI is InChI=1S/C24H40N6O3/c1-5-8-14-29-22(32)20-16-19(21(31)25-13-15-28(6-2)7-3)27-30(20)17-24(29,4)23(33)26-18-11-9-10-12-18/h16,18H,5-15,17H2,1-4H3,(H,25,31)(H,26,33)/t24-/m1/s1. The van der Waals surface area contributed by atoms with Gasteiger partial charge in [-0.1, -0.05) is 40.0 Å². The summed E-state index contributed by atoms with van der Waals surface area (Å²) in [6, 6.07) is 1.73. The Hall–Kier alpha value is -2.42. The van der Waals surface area contributed by atoms with Gasteiger partial charge in [0.25, 0.3) is 11.8 Å². The third-order valence-corrected chi connectivity index (χ3v) is 7.05. The van der Waals surface area contributed by atoms with Crippen LogP contribution in [-0.2, 0) is 11.3 Å². The predicted octanol–water partition coefficient (Wildman–Crippen LogP) is 2.03. The van der Waals surface area contributed by atoms with Gasteiger partial charge in [0.2, 0.25) is 5.91 Å². The molecule has 3 amide bonds. The van der Waals surface area contributed by atoms with Gasteiger partial charge in [0, 0.05) is 31.7 Å². The third kappa shape index (κ3) is 5.57. The fraction of sp³-hybridized carbons (Fsp3) is 0.750. The molecule has 1 aromatic heterocycles. The molecule has 1 aliphatic carbocycles. The topological polar surface area (TPSA) is 99.6 Å². The first-order valence-electron chi connectivity index (χ1n) is 12.5. The second-order valence-corrected chi connectivity index (χ2v) is 9.39. The summed E-state index contributed by atoms with van der Waals surface area (Å²) in [7, 11) is 0. The van der Waals surface area contributed by atoms with Crippen LogP contribution in [0.5, 0.6) is 0 Å². The van der Waals surface area contributed by atoms with Gasteiger partial charge in [-0.3, -0.25) is 19.1 Å². The average molecular weight is 461 g/mol. The Kier molecular flexibility index (Phi) is 8.51. The van der Waals surface area contributed by atoms with E-state index in [1.165, 1.54) is 4.68 Å². The Morgan fingerprint density at radius 3 is 2.55 bits per heavy atom. The van der Waals surface area contributed by atoms with E-state index in [1.54, 1.807) is 11.0 Å². The lowest BCUT2D eigenvalue weighted by atomic mass is 9.94. The Morgan fingerprint density at radius 2 is 1.91 bits per heavy atom. The van der Waals surface area contributed by atoms with Crippen LogP contribution < -0.4 is 10.6 Å². The van der Waals surface area contributed by atoms with Crippen molar-refractivity contribution >= 4 is 17.7 Å². The summed E-state index contributed by atoms with van der Waals surface area (Å²) >= 11 is 0. The van der Waals surface area contributed by atoms with Gasteiger partial charge < -0.3 is 20.4 Å². The molecule has 0 unspecified atom stereocenters. The zero-order chi connectivity index (χ0) is 24.0. The van der Waals surface area contributed by atoms with Gasteiger partial charge >= 0.3 is 0 Å². The summed E-state index contributed by atoms with van der Waals surface area (Å²) in [4.78, 5) is 43.4. The molecule has 1 aromatic rings. The van der Waals surface area contributed by atoms with Crippen LogP contribution in [0, 0.1) is 0 Å². The third-order valence-electron chi connectivity index (χ3n) is 7.05. The SMILES string of the molecule is CCCCN1C(=O)c2cc(C(=O)NCCN(CC)CC)nn2C[C@]1(C)C(=O)NC1CCCC1. The van der Waals surface area contributed by atoms with E-state index in [9.17, 15) is 14.4 Å². The first-order chi connectivity index (χ1) is 15.8. The lowest BCUT2D eigenvalue weighted by Crippen LogP contribution is -2.65. The number of unbranched alkanes of at least 4 members (excludes halogenated alkanes) is 1. The number of hydrogen-bond acceptors (Lipinski definition) is 5. The number of hydrogen-bond donors (Lipinski definition) is 2. The molecule has 33 heavy (non-hydrogen) atoms. The fourth-order valence-corrected chi connectivity index (χ4v) is 4.79. The van der Waals surface area contributed by atoms with Gasteiger partial charge in [-0.25, -0.2) is 0 Å². The number of nitrogens with zero attached hydrogens (tertiary/aromatic N) is 4. The molecule has 1 aliphatic heterocycles. The molecule has 0 saturated heterocycles. The first-order valence-corrected chi connectivity index (χ1v) is 12.5. The molecule has 1 atom stereocenters. The second-order valence-electron chi connectivity index (χ2n) is 9.39. The highest BCUT2D eigenvalue weighted by atomic mass is 16.2. The molecule has 184 valence electrons. The van der Waals surface area contributed by atoms with E-state index in [-0.39, 0.29) is 36.0 Å². The average Bonchev–Trinajstić information content (AvgIpc) is 3.46. The number of rotatable bonds is 11. The lowest BCUT2D eigenvalue weighted by Gasteiger charge is -2.43. The smallest absolute Gasteiger partial charge is 0.273 e. The van der Waals surface area contributed by atoms with Gasteiger partial charge in [0.1, 0.15) is 11.2 Å². The van der Waals surface area contributed by atoms with Gasteiger partial charge in [0.05, 0.1) is 6.54 Å². The van der Waals surface area contributed by atoms with Crippen molar-refractivity contribution in [2.45, 2.75) is 84.3 Å². The quantitative estimate of drug-likeness (QED) is 0.526. The molecule has 0 spiro atoms. The molecule has 9 nitrogen and oxygen atoms in total. The molecule has 3 rings (SSSR count). The molecule has 0 bridgehead atoms. The summed E-state index contributed by atoms with van der Waals surface area (Å²) in [5, 5.41) is 10.5. The summed E-state index contributed by atoms with van der Waals surface area (Å²) < 4.78 is 1.54. The lowest BCUT2D eigenvalue weighted by molar-refractivity contribution is -0.133. The molecule has 0 radical (unpaired) electrons. The molecule has 1 saturated carbocycles. The van der Waals surface area contributed by atoms with Gasteiger partial charge in [-0.15, -0.1) is 0 Å². The van der Waals surface area contributed by atoms with Gasteiger partial charge in [-0.05, 0) is 39.3 Å². The first kappa shape index (κ1) is 25.2. The highest BCUT2D eigenvalue weighted by Crippen LogP contribution is 2.29. The molecule has 9 heteroatoms. The van der Waals surface area contributed by atoms with Gasteiger partial charge in [-0.2, -0.15) is 5.10 Å². The Morgan fingerprint density at radius 1 is 1.21 bits per heavy atom. The minimum Gasteiger partial charge on any atom is -0.351 e. The second kappa shape index (κ2) is 11.1. The van der Waals surface area contributed by atoms with Crippen molar-refractivity contribution in [2.24, 2.45) is 0 Å².